The molecule has 0 saturated carbocycles. The van der Waals surface area contributed by atoms with Gasteiger partial charge in [-0.2, -0.15) is 0 Å². The first-order valence-electron chi connectivity index (χ1n) is 10.3. The number of nitrogens with one attached hydrogen (secondary N) is 1. The highest BCUT2D eigenvalue weighted by Gasteiger charge is 2.27. The van der Waals surface area contributed by atoms with E-state index in [9.17, 15) is 9.59 Å². The molecule has 0 saturated heterocycles. The van der Waals surface area contributed by atoms with Gasteiger partial charge in [-0.15, -0.1) is 11.8 Å². The maximum absolute atomic E-state index is 13.2. The highest BCUT2D eigenvalue weighted by atomic mass is 35.5. The zero-order chi connectivity index (χ0) is 23.7. The standard InChI is InChI=1S/C23H26Cl4N2O2S/c1-3-4-11-28-23(31)15(2)29(12-16-18(24)7-5-8-19(16)25)22(30)14-32-13-17-20(26)9-6-10-21(17)27/h5-10,15H,3-4,11-14H2,1-2H3,(H,28,31)/t15-/m1/s1. The van der Waals surface area contributed by atoms with Gasteiger partial charge in [0, 0.05) is 44.5 Å². The molecule has 174 valence electrons. The smallest absolute Gasteiger partial charge is 0.242 e. The van der Waals surface area contributed by atoms with E-state index in [1.165, 1.54) is 16.7 Å². The summed E-state index contributed by atoms with van der Waals surface area (Å²) >= 11 is 26.5. The van der Waals surface area contributed by atoms with Gasteiger partial charge in [0.05, 0.1) is 5.75 Å². The first-order valence-corrected chi connectivity index (χ1v) is 12.9. The van der Waals surface area contributed by atoms with Gasteiger partial charge in [-0.25, -0.2) is 0 Å². The minimum absolute atomic E-state index is 0.132. The minimum atomic E-state index is -0.684. The van der Waals surface area contributed by atoms with Gasteiger partial charge in [-0.1, -0.05) is 71.9 Å². The molecule has 0 bridgehead atoms. The van der Waals surface area contributed by atoms with Crippen molar-refractivity contribution in [2.75, 3.05) is 12.3 Å². The molecule has 4 nitrogen and oxygen atoms in total. The van der Waals surface area contributed by atoms with Crippen molar-refractivity contribution in [1.82, 2.24) is 10.2 Å². The summed E-state index contributed by atoms with van der Waals surface area (Å²) in [7, 11) is 0. The Hall–Kier alpha value is -1.11. The Morgan fingerprint density at radius 1 is 0.969 bits per heavy atom. The molecule has 1 atom stereocenters. The average molecular weight is 536 g/mol. The summed E-state index contributed by atoms with van der Waals surface area (Å²) in [5, 5.41) is 4.90. The van der Waals surface area contributed by atoms with E-state index in [1.54, 1.807) is 43.3 Å². The number of rotatable bonds is 11. The maximum Gasteiger partial charge on any atom is 0.242 e. The Kier molecular flexibility index (Phi) is 11.5. The molecular weight excluding hydrogens is 510 g/mol. The van der Waals surface area contributed by atoms with E-state index in [0.29, 0.717) is 38.0 Å². The van der Waals surface area contributed by atoms with Gasteiger partial charge < -0.3 is 10.2 Å². The van der Waals surface area contributed by atoms with Crippen molar-refractivity contribution in [3.63, 3.8) is 0 Å². The summed E-state index contributed by atoms with van der Waals surface area (Å²) in [5.41, 5.74) is 1.39. The van der Waals surface area contributed by atoms with Crippen molar-refractivity contribution in [3.8, 4) is 0 Å². The summed E-state index contributed by atoms with van der Waals surface area (Å²) in [6.07, 6.45) is 1.84. The number of carbonyl (C=O) groups excluding carboxylic acids is 2. The van der Waals surface area contributed by atoms with Gasteiger partial charge in [0.25, 0.3) is 0 Å². The van der Waals surface area contributed by atoms with E-state index in [4.69, 9.17) is 46.4 Å². The Balaban J connectivity index is 2.15. The van der Waals surface area contributed by atoms with Crippen molar-refractivity contribution >= 4 is 70.0 Å². The molecule has 0 spiro atoms. The maximum atomic E-state index is 13.2. The number of hydrogen-bond donors (Lipinski definition) is 1. The van der Waals surface area contributed by atoms with Gasteiger partial charge in [-0.05, 0) is 43.2 Å². The van der Waals surface area contributed by atoms with Crippen LogP contribution < -0.4 is 5.32 Å². The van der Waals surface area contributed by atoms with Crippen LogP contribution in [0.4, 0.5) is 0 Å². The second kappa shape index (κ2) is 13.6. The molecule has 0 heterocycles. The fourth-order valence-electron chi connectivity index (χ4n) is 2.97. The third-order valence-corrected chi connectivity index (χ3v) is 7.28. The number of unbranched alkanes of at least 4 members (excludes halogenated alkanes) is 1. The number of thioether (sulfide) groups is 1. The molecule has 32 heavy (non-hydrogen) atoms. The van der Waals surface area contributed by atoms with Crippen LogP contribution in [0.2, 0.25) is 20.1 Å². The van der Waals surface area contributed by atoms with Crippen molar-refractivity contribution in [3.05, 3.63) is 67.6 Å². The first kappa shape index (κ1) is 27.1. The average Bonchev–Trinajstić information content (AvgIpc) is 2.75. The molecule has 0 aromatic heterocycles. The topological polar surface area (TPSA) is 49.4 Å². The normalized spacial score (nSPS) is 11.8. The zero-order valence-corrected chi connectivity index (χ0v) is 21.8. The highest BCUT2D eigenvalue weighted by molar-refractivity contribution is 7.99. The summed E-state index contributed by atoms with van der Waals surface area (Å²) in [6.45, 7) is 4.45. The molecule has 2 aromatic rings. The van der Waals surface area contributed by atoms with Crippen LogP contribution in [0.1, 0.15) is 37.8 Å². The van der Waals surface area contributed by atoms with Crippen LogP contribution in [0, 0.1) is 0 Å². The van der Waals surface area contributed by atoms with Crippen molar-refractivity contribution in [2.45, 2.75) is 45.0 Å². The molecule has 0 unspecified atom stereocenters. The molecule has 1 N–H and O–H groups in total. The number of halogens is 4. The van der Waals surface area contributed by atoms with E-state index in [2.05, 4.69) is 5.32 Å². The van der Waals surface area contributed by atoms with Gasteiger partial charge in [0.15, 0.2) is 0 Å². The quantitative estimate of drug-likeness (QED) is 0.319. The lowest BCUT2D eigenvalue weighted by atomic mass is 10.1. The zero-order valence-electron chi connectivity index (χ0n) is 18.0. The van der Waals surface area contributed by atoms with Gasteiger partial charge in [0.2, 0.25) is 11.8 Å². The number of hydrogen-bond acceptors (Lipinski definition) is 3. The summed E-state index contributed by atoms with van der Waals surface area (Å²) in [4.78, 5) is 27.4. The Morgan fingerprint density at radius 3 is 2.03 bits per heavy atom. The predicted octanol–water partition coefficient (Wildman–Crippen LogP) is 6.87. The Bertz CT molecular complexity index is 902. The molecule has 2 aromatic carbocycles. The fraction of sp³-hybridized carbons (Fsp3) is 0.391. The second-order valence-corrected chi connectivity index (χ2v) is 9.85. The summed E-state index contributed by atoms with van der Waals surface area (Å²) in [5.74, 6) is 0.208. The molecule has 9 heteroatoms. The first-order chi connectivity index (χ1) is 15.3. The van der Waals surface area contributed by atoms with Crippen LogP contribution in [0.25, 0.3) is 0 Å². The summed E-state index contributed by atoms with van der Waals surface area (Å²) in [6, 6.07) is 9.79. The number of carbonyl (C=O) groups is 2. The lowest BCUT2D eigenvalue weighted by Gasteiger charge is -2.29. The molecule has 0 aliphatic rings. The number of amides is 2. The molecule has 0 radical (unpaired) electrons. The van der Waals surface area contributed by atoms with Crippen LogP contribution in [0.15, 0.2) is 36.4 Å². The SMILES string of the molecule is CCCCNC(=O)[C@@H](C)N(Cc1c(Cl)cccc1Cl)C(=O)CSCc1c(Cl)cccc1Cl. The molecule has 0 fully saturated rings. The van der Waals surface area contributed by atoms with Crippen LogP contribution in [0.5, 0.6) is 0 Å². The summed E-state index contributed by atoms with van der Waals surface area (Å²) < 4.78 is 0. The molecule has 2 rings (SSSR count). The number of nitrogens with zero attached hydrogens (tertiary/aromatic N) is 1. The molecule has 0 aliphatic heterocycles. The minimum Gasteiger partial charge on any atom is -0.354 e. The van der Waals surface area contributed by atoms with E-state index in [1.807, 2.05) is 6.92 Å². The third-order valence-electron chi connectivity index (χ3n) is 4.92. The monoisotopic (exact) mass is 534 g/mol. The molecular formula is C23H26Cl4N2O2S. The predicted molar refractivity (Wildman–Crippen MR) is 137 cm³/mol. The van der Waals surface area contributed by atoms with E-state index in [0.717, 1.165) is 18.4 Å². The highest BCUT2D eigenvalue weighted by Crippen LogP contribution is 2.29. The lowest BCUT2D eigenvalue weighted by Crippen LogP contribution is -2.48. The lowest BCUT2D eigenvalue weighted by molar-refractivity contribution is -0.138. The van der Waals surface area contributed by atoms with Crippen molar-refractivity contribution in [1.29, 1.82) is 0 Å². The second-order valence-electron chi connectivity index (χ2n) is 7.24. The van der Waals surface area contributed by atoms with Crippen molar-refractivity contribution < 1.29 is 9.59 Å². The van der Waals surface area contributed by atoms with Gasteiger partial charge in [0.1, 0.15) is 6.04 Å². The third kappa shape index (κ3) is 7.74. The Morgan fingerprint density at radius 2 is 1.50 bits per heavy atom. The largest absolute Gasteiger partial charge is 0.354 e. The van der Waals surface area contributed by atoms with Gasteiger partial charge in [-0.3, -0.25) is 9.59 Å². The van der Waals surface area contributed by atoms with E-state index in [-0.39, 0.29) is 24.1 Å². The van der Waals surface area contributed by atoms with E-state index >= 15 is 0 Å². The van der Waals surface area contributed by atoms with Crippen LogP contribution >= 0.6 is 58.2 Å². The van der Waals surface area contributed by atoms with Crippen LogP contribution in [-0.2, 0) is 21.9 Å². The van der Waals surface area contributed by atoms with Crippen LogP contribution in [-0.4, -0.2) is 35.1 Å². The fourth-order valence-corrected chi connectivity index (χ4v) is 5.13. The van der Waals surface area contributed by atoms with Crippen molar-refractivity contribution in [2.24, 2.45) is 0 Å². The number of benzene rings is 2. The molecule has 2 amide bonds. The molecule has 0 aliphatic carbocycles. The Labute approximate surface area is 213 Å². The van der Waals surface area contributed by atoms with Gasteiger partial charge >= 0.3 is 0 Å². The van der Waals surface area contributed by atoms with E-state index < -0.39 is 6.04 Å². The van der Waals surface area contributed by atoms with Crippen LogP contribution in [0.3, 0.4) is 0 Å².